The number of fused-ring (bicyclic) bond motifs is 2. The Morgan fingerprint density at radius 2 is 2.00 bits per heavy atom. The Morgan fingerprint density at radius 3 is 2.52 bits per heavy atom. The molecule has 114 valence electrons. The molecule has 3 rings (SSSR count). The molecular formula is C16H21FN2O2. The van der Waals surface area contributed by atoms with E-state index in [0.717, 1.165) is 19.5 Å². The van der Waals surface area contributed by atoms with Crippen LogP contribution in [0.1, 0.15) is 30.6 Å². The molecule has 2 bridgehead atoms. The summed E-state index contributed by atoms with van der Waals surface area (Å²) >= 11 is 0. The third-order valence-corrected chi connectivity index (χ3v) is 4.59. The van der Waals surface area contributed by atoms with Crippen LogP contribution in [0.3, 0.4) is 0 Å². The molecule has 1 aromatic rings. The van der Waals surface area contributed by atoms with Gasteiger partial charge in [-0.25, -0.2) is 4.39 Å². The number of carbonyl (C=O) groups is 1. The first kappa shape index (κ1) is 14.3. The Morgan fingerprint density at radius 1 is 1.33 bits per heavy atom. The first-order valence-electron chi connectivity index (χ1n) is 7.41. The van der Waals surface area contributed by atoms with Crippen LogP contribution in [-0.2, 0) is 0 Å². The number of halogens is 1. The van der Waals surface area contributed by atoms with Gasteiger partial charge in [0.2, 0.25) is 0 Å². The van der Waals surface area contributed by atoms with Gasteiger partial charge in [0.15, 0.2) is 11.6 Å². The van der Waals surface area contributed by atoms with Crippen molar-refractivity contribution in [3.63, 3.8) is 0 Å². The van der Waals surface area contributed by atoms with Crippen molar-refractivity contribution in [2.24, 2.45) is 0 Å². The topological polar surface area (TPSA) is 32.8 Å². The minimum Gasteiger partial charge on any atom is -0.494 e. The van der Waals surface area contributed by atoms with E-state index in [9.17, 15) is 9.18 Å². The second kappa shape index (κ2) is 5.30. The highest BCUT2D eigenvalue weighted by atomic mass is 19.1. The van der Waals surface area contributed by atoms with Crippen molar-refractivity contribution in [1.82, 2.24) is 9.80 Å². The molecule has 1 aromatic carbocycles. The Bertz CT molecular complexity index is 549. The molecular weight excluding hydrogens is 271 g/mol. The quantitative estimate of drug-likeness (QED) is 0.855. The molecule has 0 aromatic heterocycles. The van der Waals surface area contributed by atoms with Crippen LogP contribution >= 0.6 is 0 Å². The molecule has 2 saturated heterocycles. The van der Waals surface area contributed by atoms with E-state index in [-0.39, 0.29) is 23.7 Å². The Kier molecular flexibility index (Phi) is 3.61. The van der Waals surface area contributed by atoms with Crippen molar-refractivity contribution in [3.8, 4) is 5.75 Å². The molecule has 2 aliphatic rings. The number of hydrogen-bond donors (Lipinski definition) is 0. The number of ether oxygens (including phenoxy) is 1. The predicted molar refractivity (Wildman–Crippen MR) is 78.0 cm³/mol. The second-order valence-electron chi connectivity index (χ2n) is 6.15. The molecule has 1 amide bonds. The molecule has 4 nitrogen and oxygen atoms in total. The van der Waals surface area contributed by atoms with Crippen LogP contribution < -0.4 is 4.74 Å². The van der Waals surface area contributed by atoms with Crippen molar-refractivity contribution < 1.29 is 13.9 Å². The largest absolute Gasteiger partial charge is 0.494 e. The van der Waals surface area contributed by atoms with Crippen molar-refractivity contribution in [3.05, 3.63) is 29.6 Å². The fraction of sp³-hybridized carbons (Fsp3) is 0.562. The lowest BCUT2D eigenvalue weighted by molar-refractivity contribution is -0.0563. The van der Waals surface area contributed by atoms with E-state index in [1.165, 1.54) is 19.2 Å². The molecule has 0 aliphatic carbocycles. The van der Waals surface area contributed by atoms with Crippen LogP contribution in [0, 0.1) is 5.82 Å². The third kappa shape index (κ3) is 2.39. The Labute approximate surface area is 124 Å². The molecule has 5 heteroatoms. The lowest BCUT2D eigenvalue weighted by atomic mass is 9.86. The minimum absolute atomic E-state index is 0.0683. The molecule has 2 fully saturated rings. The van der Waals surface area contributed by atoms with Crippen molar-refractivity contribution in [2.75, 3.05) is 20.2 Å². The summed E-state index contributed by atoms with van der Waals surface area (Å²) in [5, 5.41) is 0. The number of carbonyl (C=O) groups excluding carboxylic acids is 1. The van der Waals surface area contributed by atoms with Gasteiger partial charge in [0.05, 0.1) is 7.11 Å². The Balaban J connectivity index is 1.74. The van der Waals surface area contributed by atoms with Crippen molar-refractivity contribution >= 4 is 5.91 Å². The van der Waals surface area contributed by atoms with Gasteiger partial charge in [0.1, 0.15) is 0 Å². The molecule has 21 heavy (non-hydrogen) atoms. The third-order valence-electron chi connectivity index (χ3n) is 4.59. The summed E-state index contributed by atoms with van der Waals surface area (Å²) < 4.78 is 18.6. The SMILES string of the molecule is COc1ccc(C(=O)N2C3CC2CN(C(C)C)C3)cc1F. The zero-order valence-corrected chi connectivity index (χ0v) is 12.7. The molecule has 0 radical (unpaired) electrons. The predicted octanol–water partition coefficient (Wildman–Crippen LogP) is 2.14. The summed E-state index contributed by atoms with van der Waals surface area (Å²) in [4.78, 5) is 16.9. The smallest absolute Gasteiger partial charge is 0.254 e. The maximum atomic E-state index is 13.8. The average molecular weight is 292 g/mol. The molecule has 2 heterocycles. The molecule has 0 N–H and O–H groups in total. The number of hydrogen-bond acceptors (Lipinski definition) is 3. The number of amides is 1. The van der Waals surface area contributed by atoms with Gasteiger partial charge >= 0.3 is 0 Å². The number of benzene rings is 1. The van der Waals surface area contributed by atoms with Gasteiger partial charge in [-0.2, -0.15) is 0 Å². The summed E-state index contributed by atoms with van der Waals surface area (Å²) in [6, 6.07) is 5.46. The zero-order valence-electron chi connectivity index (χ0n) is 12.7. The van der Waals surface area contributed by atoms with Gasteiger partial charge < -0.3 is 9.64 Å². The molecule has 2 atom stereocenters. The van der Waals surface area contributed by atoms with Gasteiger partial charge in [-0.1, -0.05) is 0 Å². The second-order valence-corrected chi connectivity index (χ2v) is 6.15. The number of nitrogens with zero attached hydrogens (tertiary/aromatic N) is 2. The average Bonchev–Trinajstić information content (AvgIpc) is 2.47. The highest BCUT2D eigenvalue weighted by Crippen LogP contribution is 2.34. The van der Waals surface area contributed by atoms with Crippen LogP contribution in [0.25, 0.3) is 0 Å². The highest BCUT2D eigenvalue weighted by Gasteiger charge is 2.47. The van der Waals surface area contributed by atoms with Crippen LogP contribution in [0.15, 0.2) is 18.2 Å². The van der Waals surface area contributed by atoms with E-state index >= 15 is 0 Å². The number of piperazine rings is 1. The highest BCUT2D eigenvalue weighted by molar-refractivity contribution is 5.95. The first-order valence-corrected chi connectivity index (χ1v) is 7.41. The van der Waals surface area contributed by atoms with Gasteiger partial charge in [0, 0.05) is 36.8 Å². The van der Waals surface area contributed by atoms with E-state index < -0.39 is 5.82 Å². The summed E-state index contributed by atoms with van der Waals surface area (Å²) in [5.74, 6) is -0.389. The van der Waals surface area contributed by atoms with Crippen molar-refractivity contribution in [2.45, 2.75) is 38.4 Å². The van der Waals surface area contributed by atoms with Crippen molar-refractivity contribution in [1.29, 1.82) is 0 Å². The van der Waals surface area contributed by atoms with Gasteiger partial charge in [-0.15, -0.1) is 0 Å². The fourth-order valence-corrected chi connectivity index (χ4v) is 3.34. The summed E-state index contributed by atoms with van der Waals surface area (Å²) in [7, 11) is 1.42. The number of likely N-dealkylation sites (tertiary alicyclic amines) is 2. The van der Waals surface area contributed by atoms with Gasteiger partial charge in [-0.3, -0.25) is 9.69 Å². The lowest BCUT2D eigenvalue weighted by Crippen LogP contribution is -2.70. The standard InChI is InChI=1S/C16H21FN2O2/c1-10(2)18-8-12-7-13(9-18)19(12)16(20)11-4-5-15(21-3)14(17)6-11/h4-6,10,12-13H,7-9H2,1-3H3. The van der Waals surface area contributed by atoms with Crippen LogP contribution in [0.5, 0.6) is 5.75 Å². The molecule has 2 aliphatic heterocycles. The van der Waals surface area contributed by atoms with Crippen LogP contribution in [-0.4, -0.2) is 54.0 Å². The minimum atomic E-state index is -0.488. The van der Waals surface area contributed by atoms with E-state index in [0.29, 0.717) is 11.6 Å². The zero-order chi connectivity index (χ0) is 15.1. The first-order chi connectivity index (χ1) is 10.0. The summed E-state index contributed by atoms with van der Waals surface area (Å²) in [5.41, 5.74) is 0.404. The van der Waals surface area contributed by atoms with E-state index in [1.54, 1.807) is 6.07 Å². The Hall–Kier alpha value is -1.62. The number of rotatable bonds is 3. The summed E-state index contributed by atoms with van der Waals surface area (Å²) in [6.07, 6.45) is 1.06. The van der Waals surface area contributed by atoms with E-state index in [1.807, 2.05) is 4.90 Å². The normalized spacial score (nSPS) is 24.9. The fourth-order valence-electron chi connectivity index (χ4n) is 3.34. The number of methoxy groups -OCH3 is 1. The molecule has 0 saturated carbocycles. The van der Waals surface area contributed by atoms with Gasteiger partial charge in [-0.05, 0) is 38.5 Å². The van der Waals surface area contributed by atoms with Gasteiger partial charge in [0.25, 0.3) is 5.91 Å². The number of piperidine rings is 1. The maximum absolute atomic E-state index is 13.8. The summed E-state index contributed by atoms with van der Waals surface area (Å²) in [6.45, 7) is 6.18. The van der Waals surface area contributed by atoms with E-state index in [4.69, 9.17) is 4.74 Å². The lowest BCUT2D eigenvalue weighted by Gasteiger charge is -2.57. The monoisotopic (exact) mass is 292 g/mol. The molecule has 2 unspecified atom stereocenters. The molecule has 0 spiro atoms. The van der Waals surface area contributed by atoms with E-state index in [2.05, 4.69) is 18.7 Å². The van der Waals surface area contributed by atoms with Crippen LogP contribution in [0.2, 0.25) is 0 Å². The maximum Gasteiger partial charge on any atom is 0.254 e. The van der Waals surface area contributed by atoms with Crippen LogP contribution in [0.4, 0.5) is 4.39 Å².